The van der Waals surface area contributed by atoms with Crippen molar-refractivity contribution in [1.82, 2.24) is 9.62 Å². The topological polar surface area (TPSA) is 58.6 Å². The summed E-state index contributed by atoms with van der Waals surface area (Å²) in [5.41, 5.74) is 0.843. The summed E-state index contributed by atoms with van der Waals surface area (Å²) < 4.78 is 32.4. The quantitative estimate of drug-likeness (QED) is 0.862. The lowest BCUT2D eigenvalue weighted by Crippen LogP contribution is -2.30. The molecule has 1 aliphatic rings. The summed E-state index contributed by atoms with van der Waals surface area (Å²) in [6, 6.07) is 0. The second-order valence-electron chi connectivity index (χ2n) is 5.17. The maximum absolute atomic E-state index is 12.8. The lowest BCUT2D eigenvalue weighted by molar-refractivity contribution is 0.157. The summed E-state index contributed by atoms with van der Waals surface area (Å²) in [6.45, 7) is 4.22. The van der Waals surface area contributed by atoms with E-state index in [2.05, 4.69) is 5.32 Å². The molecule has 0 radical (unpaired) electrons. The zero-order chi connectivity index (χ0) is 14.8. The Morgan fingerprint density at radius 1 is 1.55 bits per heavy atom. The minimum absolute atomic E-state index is 0.307. The van der Waals surface area contributed by atoms with Gasteiger partial charge in [-0.05, 0) is 37.3 Å². The van der Waals surface area contributed by atoms with Crippen LogP contribution in [0.3, 0.4) is 0 Å². The van der Waals surface area contributed by atoms with Crippen LogP contribution in [0.5, 0.6) is 0 Å². The fourth-order valence-electron chi connectivity index (χ4n) is 2.63. The maximum Gasteiger partial charge on any atom is 0.244 e. The lowest BCUT2D eigenvalue weighted by Gasteiger charge is -2.18. The average Bonchev–Trinajstić information content (AvgIpc) is 2.98. The predicted molar refractivity (Wildman–Crippen MR) is 80.6 cm³/mol. The summed E-state index contributed by atoms with van der Waals surface area (Å²) in [7, 11) is 0.105. The van der Waals surface area contributed by atoms with Crippen molar-refractivity contribution >= 4 is 21.4 Å². The van der Waals surface area contributed by atoms with Gasteiger partial charge in [-0.25, -0.2) is 8.42 Å². The predicted octanol–water partition coefficient (Wildman–Crippen LogP) is 1.43. The summed E-state index contributed by atoms with van der Waals surface area (Å²) in [4.78, 5) is 1.38. The molecule has 1 fully saturated rings. The standard InChI is InChI=1S/C13H22N2O3S2/c1-10-9-19-12(6-14-2)13(10)20(16,17)15-5-4-11(7-15)8-18-3/h9,11,14H,4-8H2,1-3H3. The van der Waals surface area contributed by atoms with Gasteiger partial charge in [-0.3, -0.25) is 0 Å². The molecule has 0 bridgehead atoms. The molecule has 20 heavy (non-hydrogen) atoms. The minimum Gasteiger partial charge on any atom is -0.384 e. The Balaban J connectivity index is 2.25. The van der Waals surface area contributed by atoms with Crippen molar-refractivity contribution in [3.8, 4) is 0 Å². The van der Waals surface area contributed by atoms with E-state index in [4.69, 9.17) is 4.74 Å². The van der Waals surface area contributed by atoms with Gasteiger partial charge in [0.05, 0.1) is 6.61 Å². The highest BCUT2D eigenvalue weighted by molar-refractivity contribution is 7.89. The molecule has 1 aliphatic heterocycles. The second kappa shape index (κ2) is 6.53. The van der Waals surface area contributed by atoms with Crippen LogP contribution in [0, 0.1) is 12.8 Å². The van der Waals surface area contributed by atoms with Gasteiger partial charge in [-0.2, -0.15) is 4.31 Å². The maximum atomic E-state index is 12.8. The zero-order valence-corrected chi connectivity index (χ0v) is 13.8. The van der Waals surface area contributed by atoms with E-state index in [9.17, 15) is 8.42 Å². The van der Waals surface area contributed by atoms with Gasteiger partial charge >= 0.3 is 0 Å². The van der Waals surface area contributed by atoms with Crippen molar-refractivity contribution in [2.75, 3.05) is 33.9 Å². The van der Waals surface area contributed by atoms with Crippen LogP contribution >= 0.6 is 11.3 Å². The number of ether oxygens (including phenoxy) is 1. The molecule has 2 rings (SSSR count). The Bertz CT molecular complexity index is 554. The molecule has 1 aromatic rings. The number of hydrogen-bond acceptors (Lipinski definition) is 5. The summed E-state index contributed by atoms with van der Waals surface area (Å²) in [6.07, 6.45) is 0.873. The van der Waals surface area contributed by atoms with Gasteiger partial charge in [-0.15, -0.1) is 11.3 Å². The number of nitrogens with zero attached hydrogens (tertiary/aromatic N) is 1. The molecule has 1 atom stereocenters. The average molecular weight is 318 g/mol. The number of thiophene rings is 1. The van der Waals surface area contributed by atoms with Crippen LogP contribution in [-0.2, 0) is 21.3 Å². The number of aryl methyl sites for hydroxylation is 1. The zero-order valence-electron chi connectivity index (χ0n) is 12.2. The van der Waals surface area contributed by atoms with Crippen LogP contribution in [0.25, 0.3) is 0 Å². The molecule has 0 saturated carbocycles. The first kappa shape index (κ1) is 15.9. The Morgan fingerprint density at radius 3 is 2.95 bits per heavy atom. The van der Waals surface area contributed by atoms with Crippen molar-refractivity contribution in [3.63, 3.8) is 0 Å². The van der Waals surface area contributed by atoms with Crippen molar-refractivity contribution in [3.05, 3.63) is 15.8 Å². The first-order valence-electron chi connectivity index (χ1n) is 6.71. The minimum atomic E-state index is -3.38. The van der Waals surface area contributed by atoms with E-state index in [1.165, 1.54) is 11.3 Å². The number of sulfonamides is 1. The largest absolute Gasteiger partial charge is 0.384 e. The van der Waals surface area contributed by atoms with Crippen LogP contribution < -0.4 is 5.32 Å². The van der Waals surface area contributed by atoms with Crippen molar-refractivity contribution in [2.45, 2.75) is 24.8 Å². The third kappa shape index (κ3) is 3.07. The molecular weight excluding hydrogens is 296 g/mol. The van der Waals surface area contributed by atoms with Crippen LogP contribution in [0.4, 0.5) is 0 Å². The molecular formula is C13H22N2O3S2. The SMILES string of the molecule is CNCc1scc(C)c1S(=O)(=O)N1CCC(COC)C1. The van der Waals surface area contributed by atoms with Gasteiger partial charge in [0, 0.05) is 31.6 Å². The molecule has 5 nitrogen and oxygen atoms in total. The fourth-order valence-corrected chi connectivity index (χ4v) is 5.94. The van der Waals surface area contributed by atoms with E-state index in [1.54, 1.807) is 11.4 Å². The third-order valence-corrected chi connectivity index (χ3v) is 6.90. The van der Waals surface area contributed by atoms with Crippen LogP contribution in [0.1, 0.15) is 16.9 Å². The van der Waals surface area contributed by atoms with E-state index >= 15 is 0 Å². The van der Waals surface area contributed by atoms with Gasteiger partial charge in [-0.1, -0.05) is 0 Å². The van der Waals surface area contributed by atoms with E-state index < -0.39 is 10.0 Å². The van der Waals surface area contributed by atoms with Gasteiger partial charge in [0.25, 0.3) is 0 Å². The lowest BCUT2D eigenvalue weighted by atomic mass is 10.1. The monoisotopic (exact) mass is 318 g/mol. The molecule has 1 N–H and O–H groups in total. The van der Waals surface area contributed by atoms with Gasteiger partial charge in [0.2, 0.25) is 10.0 Å². The van der Waals surface area contributed by atoms with Crippen LogP contribution in [-0.4, -0.2) is 46.6 Å². The number of hydrogen-bond donors (Lipinski definition) is 1. The molecule has 0 spiro atoms. The van der Waals surface area contributed by atoms with Gasteiger partial charge in [0.1, 0.15) is 4.90 Å². The van der Waals surface area contributed by atoms with Crippen molar-refractivity contribution in [2.24, 2.45) is 5.92 Å². The van der Waals surface area contributed by atoms with E-state index in [1.807, 2.05) is 19.4 Å². The Labute approximate surface area is 125 Å². The molecule has 7 heteroatoms. The van der Waals surface area contributed by atoms with E-state index in [0.29, 0.717) is 37.1 Å². The molecule has 0 aromatic carbocycles. The highest BCUT2D eigenvalue weighted by atomic mass is 32.2. The third-order valence-electron chi connectivity index (χ3n) is 3.58. The van der Waals surface area contributed by atoms with Crippen LogP contribution in [0.2, 0.25) is 0 Å². The number of methoxy groups -OCH3 is 1. The molecule has 2 heterocycles. The fraction of sp³-hybridized carbons (Fsp3) is 0.692. The van der Waals surface area contributed by atoms with Crippen molar-refractivity contribution < 1.29 is 13.2 Å². The summed E-state index contributed by atoms with van der Waals surface area (Å²) in [5.74, 6) is 0.307. The summed E-state index contributed by atoms with van der Waals surface area (Å²) in [5, 5.41) is 4.96. The second-order valence-corrected chi connectivity index (χ2v) is 8.01. The number of nitrogens with one attached hydrogen (secondary N) is 1. The number of rotatable bonds is 6. The molecule has 114 valence electrons. The van der Waals surface area contributed by atoms with Gasteiger partial charge in [0.15, 0.2) is 0 Å². The van der Waals surface area contributed by atoms with Crippen molar-refractivity contribution in [1.29, 1.82) is 0 Å². The Morgan fingerprint density at radius 2 is 2.30 bits per heavy atom. The molecule has 1 unspecified atom stereocenters. The highest BCUT2D eigenvalue weighted by Gasteiger charge is 2.35. The Kier molecular flexibility index (Phi) is 5.19. The molecule has 0 amide bonds. The highest BCUT2D eigenvalue weighted by Crippen LogP contribution is 2.32. The molecule has 1 saturated heterocycles. The first-order chi connectivity index (χ1) is 9.50. The molecule has 1 aromatic heterocycles. The van der Waals surface area contributed by atoms with E-state index in [-0.39, 0.29) is 0 Å². The smallest absolute Gasteiger partial charge is 0.244 e. The summed E-state index contributed by atoms with van der Waals surface area (Å²) >= 11 is 1.50. The first-order valence-corrected chi connectivity index (χ1v) is 9.03. The van der Waals surface area contributed by atoms with E-state index in [0.717, 1.165) is 16.9 Å². The van der Waals surface area contributed by atoms with Gasteiger partial charge < -0.3 is 10.1 Å². The Hall–Kier alpha value is -0.470. The normalized spacial score (nSPS) is 20.6. The molecule has 0 aliphatic carbocycles. The van der Waals surface area contributed by atoms with Crippen LogP contribution in [0.15, 0.2) is 10.3 Å².